The zero-order valence-corrected chi connectivity index (χ0v) is 19.4. The highest BCUT2D eigenvalue weighted by Crippen LogP contribution is 2.31. The second-order valence-electron chi connectivity index (χ2n) is 8.31. The molecule has 3 aromatic rings. The summed E-state index contributed by atoms with van der Waals surface area (Å²) in [6.07, 6.45) is 7.25. The fourth-order valence-electron chi connectivity index (χ4n) is 4.22. The molecule has 1 aliphatic rings. The summed E-state index contributed by atoms with van der Waals surface area (Å²) in [6, 6.07) is 11.8. The molecule has 0 aliphatic carbocycles. The van der Waals surface area contributed by atoms with Gasteiger partial charge in [-0.1, -0.05) is 19.1 Å². The second kappa shape index (κ2) is 10.3. The van der Waals surface area contributed by atoms with Crippen molar-refractivity contribution in [2.24, 2.45) is 5.73 Å². The molecule has 1 aliphatic heterocycles. The van der Waals surface area contributed by atoms with Crippen LogP contribution < -0.4 is 16.0 Å². The van der Waals surface area contributed by atoms with Crippen molar-refractivity contribution in [3.8, 4) is 0 Å². The van der Waals surface area contributed by atoms with Crippen molar-refractivity contribution < 1.29 is 9.59 Å². The maximum Gasteiger partial charge on any atom is 0.252 e. The number of carbonyl (C=O) groups excluding carboxylic acids is 2. The maximum absolute atomic E-state index is 12.0. The number of carbonyl (C=O) groups is 2. The van der Waals surface area contributed by atoms with Crippen molar-refractivity contribution in [2.45, 2.75) is 32.1 Å². The van der Waals surface area contributed by atoms with Crippen LogP contribution in [0.5, 0.6) is 0 Å². The molecule has 0 spiro atoms. The van der Waals surface area contributed by atoms with Gasteiger partial charge in [0.15, 0.2) is 0 Å². The SMILES string of the molecule is CCC(=O)N1CCC(c2ccc(Nc3cc(N(C)c4ncccn4)c(C(N)=O)cn3)cc2)CC1. The molecule has 176 valence electrons. The molecule has 3 heterocycles. The summed E-state index contributed by atoms with van der Waals surface area (Å²) in [7, 11) is 1.77. The fraction of sp³-hybridized carbons (Fsp3) is 0.320. The molecule has 0 atom stereocenters. The molecule has 1 aromatic carbocycles. The number of nitrogens with one attached hydrogen (secondary N) is 1. The van der Waals surface area contributed by atoms with Crippen molar-refractivity contribution in [1.29, 1.82) is 0 Å². The lowest BCUT2D eigenvalue weighted by Crippen LogP contribution is -2.37. The monoisotopic (exact) mass is 459 g/mol. The number of hydrogen-bond donors (Lipinski definition) is 2. The highest BCUT2D eigenvalue weighted by Gasteiger charge is 2.23. The molecule has 0 unspecified atom stereocenters. The number of benzene rings is 1. The number of nitrogens with zero attached hydrogens (tertiary/aromatic N) is 5. The number of likely N-dealkylation sites (tertiary alicyclic amines) is 1. The molecule has 1 saturated heterocycles. The molecule has 34 heavy (non-hydrogen) atoms. The Bertz CT molecular complexity index is 1140. The lowest BCUT2D eigenvalue weighted by atomic mass is 9.89. The predicted molar refractivity (Wildman–Crippen MR) is 131 cm³/mol. The fourth-order valence-corrected chi connectivity index (χ4v) is 4.22. The number of primary amides is 1. The number of anilines is 4. The van der Waals surface area contributed by atoms with E-state index in [0.29, 0.717) is 29.8 Å². The lowest BCUT2D eigenvalue weighted by Gasteiger charge is -2.32. The molecule has 1 fully saturated rings. The maximum atomic E-state index is 12.0. The average Bonchev–Trinajstić information content (AvgIpc) is 2.88. The summed E-state index contributed by atoms with van der Waals surface area (Å²) in [6.45, 7) is 3.54. The molecule has 2 aromatic heterocycles. The van der Waals surface area contributed by atoms with Crippen LogP contribution in [0.15, 0.2) is 55.0 Å². The van der Waals surface area contributed by atoms with Crippen LogP contribution in [-0.4, -0.2) is 51.8 Å². The molecule has 0 radical (unpaired) electrons. The van der Waals surface area contributed by atoms with E-state index in [0.717, 1.165) is 31.6 Å². The molecular weight excluding hydrogens is 430 g/mol. The Kier molecular flexibility index (Phi) is 7.01. The van der Waals surface area contributed by atoms with Crippen molar-refractivity contribution in [2.75, 3.05) is 30.4 Å². The molecule has 2 amide bonds. The number of aromatic nitrogens is 3. The lowest BCUT2D eigenvalue weighted by molar-refractivity contribution is -0.131. The molecule has 4 rings (SSSR count). The molecule has 0 bridgehead atoms. The van der Waals surface area contributed by atoms with Gasteiger partial charge < -0.3 is 20.9 Å². The van der Waals surface area contributed by atoms with Crippen LogP contribution in [0.4, 0.5) is 23.1 Å². The number of rotatable bonds is 7. The summed E-state index contributed by atoms with van der Waals surface area (Å²) in [5.41, 5.74) is 8.55. The van der Waals surface area contributed by atoms with Gasteiger partial charge in [-0.05, 0) is 42.5 Å². The number of pyridine rings is 1. The predicted octanol–water partition coefficient (Wildman–Crippen LogP) is 3.60. The first-order valence-electron chi connectivity index (χ1n) is 11.4. The van der Waals surface area contributed by atoms with Gasteiger partial charge in [0.2, 0.25) is 11.9 Å². The van der Waals surface area contributed by atoms with Crippen LogP contribution >= 0.6 is 0 Å². The Hall–Kier alpha value is -4.01. The highest BCUT2D eigenvalue weighted by atomic mass is 16.2. The number of piperidine rings is 1. The molecule has 9 heteroatoms. The first-order valence-corrected chi connectivity index (χ1v) is 11.4. The largest absolute Gasteiger partial charge is 0.365 e. The molecule has 3 N–H and O–H groups in total. The Morgan fingerprint density at radius 2 is 1.79 bits per heavy atom. The number of hydrogen-bond acceptors (Lipinski definition) is 7. The third-order valence-corrected chi connectivity index (χ3v) is 6.17. The Morgan fingerprint density at radius 1 is 1.12 bits per heavy atom. The highest BCUT2D eigenvalue weighted by molar-refractivity contribution is 5.99. The summed E-state index contributed by atoms with van der Waals surface area (Å²) < 4.78 is 0. The summed E-state index contributed by atoms with van der Waals surface area (Å²) in [5.74, 6) is 1.12. The first-order chi connectivity index (χ1) is 16.5. The zero-order valence-electron chi connectivity index (χ0n) is 19.4. The van der Waals surface area contributed by atoms with Gasteiger partial charge in [0.05, 0.1) is 11.3 Å². The van der Waals surface area contributed by atoms with Gasteiger partial charge in [0, 0.05) is 56.9 Å². The van der Waals surface area contributed by atoms with Gasteiger partial charge >= 0.3 is 0 Å². The zero-order chi connectivity index (χ0) is 24.1. The number of nitrogens with two attached hydrogens (primary N) is 1. The van der Waals surface area contributed by atoms with Crippen LogP contribution in [0.2, 0.25) is 0 Å². The van der Waals surface area contributed by atoms with Crippen molar-refractivity contribution in [3.05, 3.63) is 66.1 Å². The summed E-state index contributed by atoms with van der Waals surface area (Å²) in [4.78, 5) is 40.4. The van der Waals surface area contributed by atoms with E-state index in [1.54, 1.807) is 36.5 Å². The van der Waals surface area contributed by atoms with Gasteiger partial charge in [-0.15, -0.1) is 0 Å². The normalized spacial score (nSPS) is 14.0. The number of amides is 2. The second-order valence-corrected chi connectivity index (χ2v) is 8.31. The smallest absolute Gasteiger partial charge is 0.252 e. The standard InChI is InChI=1S/C25H29N7O2/c1-3-23(33)32-13-9-18(10-14-32)17-5-7-19(8-6-17)30-22-15-21(20(16-29-22)24(26)34)31(2)25-27-11-4-12-28-25/h4-8,11-12,15-16,18H,3,9-10,13-14H2,1-2H3,(H2,26,34)(H,29,30). The first kappa shape index (κ1) is 23.2. The van der Waals surface area contributed by atoms with Crippen LogP contribution in [-0.2, 0) is 4.79 Å². The third kappa shape index (κ3) is 5.14. The quantitative estimate of drug-likeness (QED) is 0.554. The van der Waals surface area contributed by atoms with E-state index >= 15 is 0 Å². The van der Waals surface area contributed by atoms with Gasteiger partial charge in [0.1, 0.15) is 5.82 Å². The van der Waals surface area contributed by atoms with E-state index in [-0.39, 0.29) is 11.5 Å². The minimum Gasteiger partial charge on any atom is -0.365 e. The van der Waals surface area contributed by atoms with Crippen LogP contribution in [0.1, 0.15) is 48.0 Å². The van der Waals surface area contributed by atoms with E-state index in [1.807, 2.05) is 24.0 Å². The van der Waals surface area contributed by atoms with Crippen molar-refractivity contribution >= 4 is 35.0 Å². The third-order valence-electron chi connectivity index (χ3n) is 6.17. The van der Waals surface area contributed by atoms with Crippen LogP contribution in [0.3, 0.4) is 0 Å². The van der Waals surface area contributed by atoms with Crippen molar-refractivity contribution in [3.63, 3.8) is 0 Å². The van der Waals surface area contributed by atoms with E-state index in [4.69, 9.17) is 5.73 Å². The summed E-state index contributed by atoms with van der Waals surface area (Å²) >= 11 is 0. The van der Waals surface area contributed by atoms with Crippen LogP contribution in [0, 0.1) is 0 Å². The molecule has 0 saturated carbocycles. The minimum atomic E-state index is -0.576. The van der Waals surface area contributed by atoms with Gasteiger partial charge in [-0.25, -0.2) is 15.0 Å². The summed E-state index contributed by atoms with van der Waals surface area (Å²) in [5, 5.41) is 3.29. The average molecular weight is 460 g/mol. The Balaban J connectivity index is 1.48. The van der Waals surface area contributed by atoms with Crippen molar-refractivity contribution in [1.82, 2.24) is 19.9 Å². The Morgan fingerprint density at radius 3 is 2.41 bits per heavy atom. The van der Waals surface area contributed by atoms with E-state index in [1.165, 1.54) is 11.8 Å². The minimum absolute atomic E-state index is 0.233. The topological polar surface area (TPSA) is 117 Å². The van der Waals surface area contributed by atoms with Gasteiger partial charge in [-0.2, -0.15) is 0 Å². The van der Waals surface area contributed by atoms with Gasteiger partial charge in [-0.3, -0.25) is 9.59 Å². The van der Waals surface area contributed by atoms with E-state index in [9.17, 15) is 9.59 Å². The Labute approximate surface area is 199 Å². The molecular formula is C25H29N7O2. The van der Waals surface area contributed by atoms with E-state index in [2.05, 4.69) is 32.4 Å². The van der Waals surface area contributed by atoms with E-state index < -0.39 is 5.91 Å². The van der Waals surface area contributed by atoms with Gasteiger partial charge in [0.25, 0.3) is 5.91 Å². The molecule has 9 nitrogen and oxygen atoms in total. The van der Waals surface area contributed by atoms with Crippen LogP contribution in [0.25, 0.3) is 0 Å².